The van der Waals surface area contributed by atoms with Gasteiger partial charge in [-0.25, -0.2) is 9.59 Å². The van der Waals surface area contributed by atoms with E-state index in [1.54, 1.807) is 13.8 Å². The van der Waals surface area contributed by atoms with Gasteiger partial charge in [0.15, 0.2) is 0 Å². The van der Waals surface area contributed by atoms with E-state index in [4.69, 9.17) is 9.47 Å². The van der Waals surface area contributed by atoms with Crippen LogP contribution in [0, 0.1) is 16.7 Å². The first-order valence-corrected chi connectivity index (χ1v) is 7.99. The van der Waals surface area contributed by atoms with Crippen molar-refractivity contribution in [1.82, 2.24) is 5.01 Å². The molecule has 0 spiro atoms. The average Bonchev–Trinajstić information content (AvgIpc) is 2.78. The van der Waals surface area contributed by atoms with E-state index >= 15 is 0 Å². The zero-order valence-corrected chi connectivity index (χ0v) is 14.1. The summed E-state index contributed by atoms with van der Waals surface area (Å²) in [5, 5.41) is 5.10. The van der Waals surface area contributed by atoms with Crippen LogP contribution in [0.15, 0.2) is 5.10 Å². The van der Waals surface area contributed by atoms with Gasteiger partial charge < -0.3 is 9.47 Å². The Morgan fingerprint density at radius 1 is 1.18 bits per heavy atom. The maximum absolute atomic E-state index is 12.0. The minimum Gasteiger partial charge on any atom is -0.448 e. The first-order valence-electron chi connectivity index (χ1n) is 7.99. The van der Waals surface area contributed by atoms with Crippen LogP contribution in [-0.4, -0.2) is 36.1 Å². The molecule has 0 aromatic carbocycles. The number of hydrogen-bond acceptors (Lipinski definition) is 5. The molecule has 124 valence electrons. The highest BCUT2D eigenvalue weighted by molar-refractivity contribution is 5.97. The fourth-order valence-electron chi connectivity index (χ4n) is 3.73. The summed E-state index contributed by atoms with van der Waals surface area (Å²) in [6.45, 7) is 10.4. The molecule has 2 bridgehead atoms. The molecule has 0 unspecified atom stereocenters. The third-order valence-electron chi connectivity index (χ3n) is 5.61. The number of nitrogens with zero attached hydrogens (tertiary/aromatic N) is 2. The smallest absolute Gasteiger partial charge is 0.440 e. The number of hydrogen-bond donors (Lipinski definition) is 0. The molecule has 2 atom stereocenters. The van der Waals surface area contributed by atoms with E-state index in [1.165, 1.54) is 6.42 Å². The van der Waals surface area contributed by atoms with Gasteiger partial charge in [-0.3, -0.25) is 0 Å². The molecule has 2 rings (SSSR count). The highest BCUT2D eigenvalue weighted by Crippen LogP contribution is 2.64. The first-order chi connectivity index (χ1) is 10.3. The van der Waals surface area contributed by atoms with Crippen LogP contribution in [0.2, 0.25) is 0 Å². The van der Waals surface area contributed by atoms with Gasteiger partial charge in [0.2, 0.25) is 0 Å². The lowest BCUT2D eigenvalue weighted by Crippen LogP contribution is -2.38. The summed E-state index contributed by atoms with van der Waals surface area (Å²) < 4.78 is 9.85. The van der Waals surface area contributed by atoms with Crippen molar-refractivity contribution < 1.29 is 19.1 Å². The number of fused-ring (bicyclic) bond motifs is 2. The summed E-state index contributed by atoms with van der Waals surface area (Å²) in [4.78, 5) is 24.0. The zero-order chi connectivity index (χ0) is 16.5. The van der Waals surface area contributed by atoms with E-state index in [1.807, 2.05) is 0 Å². The number of carbonyl (C=O) groups is 2. The van der Waals surface area contributed by atoms with Crippen LogP contribution < -0.4 is 0 Å². The van der Waals surface area contributed by atoms with Crippen molar-refractivity contribution in [2.45, 2.75) is 53.9 Å². The van der Waals surface area contributed by atoms with E-state index in [-0.39, 0.29) is 24.0 Å². The van der Waals surface area contributed by atoms with Crippen molar-refractivity contribution in [3.63, 3.8) is 0 Å². The number of rotatable bonds is 3. The van der Waals surface area contributed by atoms with Gasteiger partial charge in [-0.15, -0.1) is 0 Å². The quantitative estimate of drug-likeness (QED) is 0.743. The Morgan fingerprint density at radius 3 is 2.09 bits per heavy atom. The molecule has 0 saturated heterocycles. The van der Waals surface area contributed by atoms with Crippen LogP contribution in [0.5, 0.6) is 0 Å². The summed E-state index contributed by atoms with van der Waals surface area (Å²) in [5.74, 6) is 0.544. The van der Waals surface area contributed by atoms with Crippen LogP contribution in [-0.2, 0) is 9.47 Å². The molecule has 6 heteroatoms. The summed E-state index contributed by atoms with van der Waals surface area (Å²) in [5.41, 5.74) is 0.935. The van der Waals surface area contributed by atoms with Crippen molar-refractivity contribution in [2.24, 2.45) is 21.8 Å². The van der Waals surface area contributed by atoms with Gasteiger partial charge in [0.1, 0.15) is 0 Å². The van der Waals surface area contributed by atoms with Gasteiger partial charge in [0.05, 0.1) is 13.2 Å². The molecule has 2 aliphatic carbocycles. The van der Waals surface area contributed by atoms with Crippen molar-refractivity contribution in [2.75, 3.05) is 13.2 Å². The molecule has 2 amide bonds. The summed E-state index contributed by atoms with van der Waals surface area (Å²) in [7, 11) is 0. The first kappa shape index (κ1) is 16.8. The molecule has 2 aliphatic rings. The minimum atomic E-state index is -0.780. The number of hydrazone groups is 1. The van der Waals surface area contributed by atoms with Crippen molar-refractivity contribution in [3.8, 4) is 0 Å². The van der Waals surface area contributed by atoms with Gasteiger partial charge >= 0.3 is 12.2 Å². The Balaban J connectivity index is 2.30. The van der Waals surface area contributed by atoms with Gasteiger partial charge in [0, 0.05) is 11.1 Å². The standard InChI is InChI=1S/C16H26N2O4/c1-6-21-13(19)18(14(20)22-7-2)17-12-10-11-8-9-16(12,5)15(11,3)4/h11H,6-10H2,1-5H3/b17-12-/t11-,16+/m0/s1. The Morgan fingerprint density at radius 2 is 1.73 bits per heavy atom. The molecule has 0 aromatic rings. The van der Waals surface area contributed by atoms with Gasteiger partial charge in [0.25, 0.3) is 0 Å². The molecule has 0 heterocycles. The van der Waals surface area contributed by atoms with Crippen molar-refractivity contribution in [1.29, 1.82) is 0 Å². The molecular weight excluding hydrogens is 284 g/mol. The number of carbonyl (C=O) groups excluding carboxylic acids is 2. The second kappa shape index (κ2) is 5.89. The highest BCUT2D eigenvalue weighted by Gasteiger charge is 2.60. The Labute approximate surface area is 131 Å². The van der Waals surface area contributed by atoms with E-state index in [9.17, 15) is 9.59 Å². The SMILES string of the molecule is CCOC(=O)N(/N=C1/C[C@@H]2CC[C@@]1(C)C2(C)C)C(=O)OCC. The van der Waals surface area contributed by atoms with Crippen molar-refractivity contribution >= 4 is 17.9 Å². The maximum Gasteiger partial charge on any atom is 0.440 e. The summed E-state index contributed by atoms with van der Waals surface area (Å²) >= 11 is 0. The largest absolute Gasteiger partial charge is 0.448 e. The summed E-state index contributed by atoms with van der Waals surface area (Å²) in [6, 6.07) is 0. The third-order valence-corrected chi connectivity index (χ3v) is 5.61. The van der Waals surface area contributed by atoms with Crippen LogP contribution in [0.25, 0.3) is 0 Å². The highest BCUT2D eigenvalue weighted by atomic mass is 16.6. The number of imide groups is 1. The van der Waals surface area contributed by atoms with E-state index in [2.05, 4.69) is 25.9 Å². The van der Waals surface area contributed by atoms with Gasteiger partial charge in [-0.05, 0) is 44.4 Å². The Hall–Kier alpha value is -1.59. The second-order valence-corrected chi connectivity index (χ2v) is 6.75. The molecule has 2 fully saturated rings. The molecule has 6 nitrogen and oxygen atoms in total. The predicted octanol–water partition coefficient (Wildman–Crippen LogP) is 3.80. The topological polar surface area (TPSA) is 68.2 Å². The average molecular weight is 310 g/mol. The molecular formula is C16H26N2O4. The summed E-state index contributed by atoms with van der Waals surface area (Å²) in [6.07, 6.45) is 1.46. The number of ether oxygens (including phenoxy) is 2. The second-order valence-electron chi connectivity index (χ2n) is 6.75. The molecule has 0 aromatic heterocycles. The van der Waals surface area contributed by atoms with Crippen LogP contribution >= 0.6 is 0 Å². The van der Waals surface area contributed by atoms with Crippen LogP contribution in [0.4, 0.5) is 9.59 Å². The van der Waals surface area contributed by atoms with E-state index in [0.717, 1.165) is 23.6 Å². The molecule has 0 radical (unpaired) electrons. The monoisotopic (exact) mass is 310 g/mol. The lowest BCUT2D eigenvalue weighted by molar-refractivity contribution is 0.0816. The van der Waals surface area contributed by atoms with Crippen LogP contribution in [0.3, 0.4) is 0 Å². The minimum absolute atomic E-state index is 0.0884. The van der Waals surface area contributed by atoms with Gasteiger partial charge in [-0.1, -0.05) is 25.8 Å². The Kier molecular flexibility index (Phi) is 4.49. The van der Waals surface area contributed by atoms with Crippen LogP contribution in [0.1, 0.15) is 53.9 Å². The maximum atomic E-state index is 12.0. The van der Waals surface area contributed by atoms with Crippen molar-refractivity contribution in [3.05, 3.63) is 0 Å². The Bertz CT molecular complexity index is 482. The lowest BCUT2D eigenvalue weighted by Gasteiger charge is -2.34. The van der Waals surface area contributed by atoms with Gasteiger partial charge in [-0.2, -0.15) is 5.10 Å². The third kappa shape index (κ3) is 2.48. The molecule has 0 aliphatic heterocycles. The zero-order valence-electron chi connectivity index (χ0n) is 14.1. The lowest BCUT2D eigenvalue weighted by atomic mass is 9.70. The molecule has 0 N–H and O–H groups in total. The predicted molar refractivity (Wildman–Crippen MR) is 82.5 cm³/mol. The van der Waals surface area contributed by atoms with E-state index in [0.29, 0.717) is 5.92 Å². The fourth-order valence-corrected chi connectivity index (χ4v) is 3.73. The molecule has 22 heavy (non-hydrogen) atoms. The fraction of sp³-hybridized carbons (Fsp3) is 0.812. The normalized spacial score (nSPS) is 30.4. The molecule has 2 saturated carbocycles. The number of amides is 2. The van der Waals surface area contributed by atoms with E-state index < -0.39 is 12.2 Å².